The molecular weight excluding hydrogens is 354 g/mol. The fourth-order valence-corrected chi connectivity index (χ4v) is 2.59. The molecule has 0 unspecified atom stereocenters. The number of nitrogens with one attached hydrogen (secondary N) is 1. The molecular formula is C19H18ClN3O3. The lowest BCUT2D eigenvalue weighted by molar-refractivity contribution is -0.118. The van der Waals surface area contributed by atoms with Crippen LogP contribution in [0, 0.1) is 20.8 Å². The molecule has 3 rings (SSSR count). The minimum atomic E-state index is -0.362. The van der Waals surface area contributed by atoms with E-state index < -0.39 is 0 Å². The standard InChI is InChI=1S/C19H18ClN3O3/c1-11-4-6-14(7-5-11)18-19(23-26-22-18)21-16(24)10-25-15-8-12(2)17(20)13(3)9-15/h4-9H,10H2,1-3H3,(H,21,23,24). The van der Waals surface area contributed by atoms with E-state index in [0.717, 1.165) is 22.3 Å². The maximum Gasteiger partial charge on any atom is 0.263 e. The smallest absolute Gasteiger partial charge is 0.263 e. The molecule has 1 heterocycles. The molecule has 0 saturated heterocycles. The number of halogens is 1. The number of hydrogen-bond donors (Lipinski definition) is 1. The van der Waals surface area contributed by atoms with E-state index in [4.69, 9.17) is 21.0 Å². The van der Waals surface area contributed by atoms with Crippen molar-refractivity contribution in [1.82, 2.24) is 10.3 Å². The summed E-state index contributed by atoms with van der Waals surface area (Å²) in [6.07, 6.45) is 0. The lowest BCUT2D eigenvalue weighted by Crippen LogP contribution is -2.20. The van der Waals surface area contributed by atoms with Gasteiger partial charge in [0.15, 0.2) is 12.3 Å². The van der Waals surface area contributed by atoms with E-state index in [2.05, 4.69) is 15.6 Å². The quantitative estimate of drug-likeness (QED) is 0.722. The third kappa shape index (κ3) is 4.03. The summed E-state index contributed by atoms with van der Waals surface area (Å²) in [6.45, 7) is 5.60. The van der Waals surface area contributed by atoms with Gasteiger partial charge in [0.2, 0.25) is 5.82 Å². The van der Waals surface area contributed by atoms with Gasteiger partial charge >= 0.3 is 0 Å². The SMILES string of the molecule is Cc1ccc(-c2nonc2NC(=O)COc2cc(C)c(Cl)c(C)c2)cc1. The maximum absolute atomic E-state index is 12.2. The molecule has 0 fully saturated rings. The van der Waals surface area contributed by atoms with Gasteiger partial charge in [-0.15, -0.1) is 0 Å². The van der Waals surface area contributed by atoms with Gasteiger partial charge in [0, 0.05) is 10.6 Å². The van der Waals surface area contributed by atoms with Gasteiger partial charge < -0.3 is 10.1 Å². The summed E-state index contributed by atoms with van der Waals surface area (Å²) in [5.74, 6) is 0.474. The number of carbonyl (C=O) groups is 1. The molecule has 7 heteroatoms. The first-order chi connectivity index (χ1) is 12.4. The molecule has 2 aromatic carbocycles. The number of amides is 1. The van der Waals surface area contributed by atoms with Crippen LogP contribution in [0.3, 0.4) is 0 Å². The Labute approximate surface area is 156 Å². The summed E-state index contributed by atoms with van der Waals surface area (Å²) in [5.41, 5.74) is 4.18. The first-order valence-corrected chi connectivity index (χ1v) is 8.41. The van der Waals surface area contributed by atoms with Crippen molar-refractivity contribution in [2.24, 2.45) is 0 Å². The Bertz CT molecular complexity index is 912. The molecule has 0 spiro atoms. The van der Waals surface area contributed by atoms with Crippen LogP contribution in [0.4, 0.5) is 5.82 Å². The van der Waals surface area contributed by atoms with Gasteiger partial charge in [-0.2, -0.15) is 0 Å². The van der Waals surface area contributed by atoms with Gasteiger partial charge in [-0.3, -0.25) is 4.79 Å². The van der Waals surface area contributed by atoms with E-state index in [9.17, 15) is 4.79 Å². The molecule has 26 heavy (non-hydrogen) atoms. The highest BCUT2D eigenvalue weighted by Crippen LogP contribution is 2.26. The minimum Gasteiger partial charge on any atom is -0.484 e. The molecule has 1 aromatic heterocycles. The molecule has 6 nitrogen and oxygen atoms in total. The molecule has 0 aliphatic rings. The average molecular weight is 372 g/mol. The first-order valence-electron chi connectivity index (χ1n) is 8.03. The second kappa shape index (κ2) is 7.58. The molecule has 0 saturated carbocycles. The van der Waals surface area contributed by atoms with E-state index in [0.29, 0.717) is 16.5 Å². The van der Waals surface area contributed by atoms with Gasteiger partial charge in [-0.1, -0.05) is 41.4 Å². The van der Waals surface area contributed by atoms with E-state index in [-0.39, 0.29) is 18.3 Å². The maximum atomic E-state index is 12.2. The summed E-state index contributed by atoms with van der Waals surface area (Å²) in [4.78, 5) is 12.2. The van der Waals surface area contributed by atoms with Gasteiger partial charge in [0.05, 0.1) is 0 Å². The average Bonchev–Trinajstić information content (AvgIpc) is 3.06. The van der Waals surface area contributed by atoms with E-state index in [1.54, 1.807) is 12.1 Å². The minimum absolute atomic E-state index is 0.166. The molecule has 3 aromatic rings. The molecule has 0 radical (unpaired) electrons. The Balaban J connectivity index is 1.66. The zero-order valence-electron chi connectivity index (χ0n) is 14.7. The second-order valence-electron chi connectivity index (χ2n) is 6.04. The van der Waals surface area contributed by atoms with Crippen LogP contribution < -0.4 is 10.1 Å². The Kier molecular flexibility index (Phi) is 5.23. The molecule has 0 bridgehead atoms. The van der Waals surface area contributed by atoms with Gasteiger partial charge in [-0.05, 0) is 54.3 Å². The normalized spacial score (nSPS) is 10.6. The largest absolute Gasteiger partial charge is 0.484 e. The van der Waals surface area contributed by atoms with Crippen LogP contribution in [0.25, 0.3) is 11.3 Å². The molecule has 0 atom stereocenters. The molecule has 0 aliphatic heterocycles. The predicted molar refractivity (Wildman–Crippen MR) is 99.5 cm³/mol. The Morgan fingerprint density at radius 2 is 1.77 bits per heavy atom. The number of hydrogen-bond acceptors (Lipinski definition) is 5. The second-order valence-corrected chi connectivity index (χ2v) is 6.41. The van der Waals surface area contributed by atoms with Crippen molar-refractivity contribution in [1.29, 1.82) is 0 Å². The predicted octanol–water partition coefficient (Wildman–Crippen LogP) is 4.33. The van der Waals surface area contributed by atoms with Crippen molar-refractivity contribution in [2.45, 2.75) is 20.8 Å². The summed E-state index contributed by atoms with van der Waals surface area (Å²) in [6, 6.07) is 11.3. The molecule has 0 aliphatic carbocycles. The number of rotatable bonds is 5. The van der Waals surface area contributed by atoms with Crippen molar-refractivity contribution < 1.29 is 14.2 Å². The van der Waals surface area contributed by atoms with Crippen molar-refractivity contribution in [3.63, 3.8) is 0 Å². The van der Waals surface area contributed by atoms with Crippen molar-refractivity contribution in [3.05, 3.63) is 58.1 Å². The topological polar surface area (TPSA) is 77.3 Å². The van der Waals surface area contributed by atoms with Crippen LogP contribution in [0.2, 0.25) is 5.02 Å². The summed E-state index contributed by atoms with van der Waals surface area (Å²) >= 11 is 6.13. The third-order valence-electron chi connectivity index (χ3n) is 3.85. The van der Waals surface area contributed by atoms with Crippen LogP contribution in [0.5, 0.6) is 5.75 Å². The summed E-state index contributed by atoms with van der Waals surface area (Å²) in [7, 11) is 0. The first kappa shape index (κ1) is 17.9. The monoisotopic (exact) mass is 371 g/mol. The van der Waals surface area contributed by atoms with Gasteiger partial charge in [0.25, 0.3) is 5.91 Å². The van der Waals surface area contributed by atoms with Gasteiger partial charge in [-0.25, -0.2) is 4.63 Å². The number of anilines is 1. The Hall–Kier alpha value is -2.86. The number of benzene rings is 2. The molecule has 134 valence electrons. The zero-order chi connectivity index (χ0) is 18.7. The van der Waals surface area contributed by atoms with Crippen LogP contribution in [-0.4, -0.2) is 22.8 Å². The highest BCUT2D eigenvalue weighted by molar-refractivity contribution is 6.32. The van der Waals surface area contributed by atoms with Crippen LogP contribution >= 0.6 is 11.6 Å². The third-order valence-corrected chi connectivity index (χ3v) is 4.45. The number of aromatic nitrogens is 2. The molecule has 1 N–H and O–H groups in total. The van der Waals surface area contributed by atoms with Crippen molar-refractivity contribution in [3.8, 4) is 17.0 Å². The van der Waals surface area contributed by atoms with E-state index in [1.807, 2.05) is 45.0 Å². The van der Waals surface area contributed by atoms with Crippen molar-refractivity contribution >= 4 is 23.3 Å². The van der Waals surface area contributed by atoms with Crippen LogP contribution in [0.15, 0.2) is 41.0 Å². The number of nitrogens with zero attached hydrogens (tertiary/aromatic N) is 2. The fraction of sp³-hybridized carbons (Fsp3) is 0.211. The fourth-order valence-electron chi connectivity index (χ4n) is 2.48. The lowest BCUT2D eigenvalue weighted by Gasteiger charge is -2.09. The highest BCUT2D eigenvalue weighted by atomic mass is 35.5. The van der Waals surface area contributed by atoms with Crippen molar-refractivity contribution in [2.75, 3.05) is 11.9 Å². The number of aryl methyl sites for hydroxylation is 3. The lowest BCUT2D eigenvalue weighted by atomic mass is 10.1. The molecule has 1 amide bonds. The highest BCUT2D eigenvalue weighted by Gasteiger charge is 2.15. The van der Waals surface area contributed by atoms with Gasteiger partial charge in [0.1, 0.15) is 5.75 Å². The Morgan fingerprint density at radius 1 is 1.12 bits per heavy atom. The Morgan fingerprint density at radius 3 is 2.42 bits per heavy atom. The summed E-state index contributed by atoms with van der Waals surface area (Å²) < 4.78 is 10.3. The van der Waals surface area contributed by atoms with E-state index >= 15 is 0 Å². The zero-order valence-corrected chi connectivity index (χ0v) is 15.4. The number of carbonyl (C=O) groups excluding carboxylic acids is 1. The number of ether oxygens (including phenoxy) is 1. The van der Waals surface area contributed by atoms with Crippen LogP contribution in [0.1, 0.15) is 16.7 Å². The summed E-state index contributed by atoms with van der Waals surface area (Å²) in [5, 5.41) is 11.0. The van der Waals surface area contributed by atoms with E-state index in [1.165, 1.54) is 0 Å². The van der Waals surface area contributed by atoms with Crippen LogP contribution in [-0.2, 0) is 4.79 Å².